The van der Waals surface area contributed by atoms with Crippen LogP contribution in [0.4, 0.5) is 11.6 Å². The van der Waals surface area contributed by atoms with Crippen LogP contribution in [0.25, 0.3) is 44.6 Å². The largest absolute Gasteiger partial charge is 2.00 e. The van der Waals surface area contributed by atoms with Gasteiger partial charge in [0, 0.05) is 59.5 Å². The second-order valence-electron chi connectivity index (χ2n) is 16.1. The summed E-state index contributed by atoms with van der Waals surface area (Å²) in [4.78, 5) is 50.8. The van der Waals surface area contributed by atoms with Crippen molar-refractivity contribution in [2.45, 2.75) is 86.2 Å². The monoisotopic (exact) mass is 884 g/mol. The maximum Gasteiger partial charge on any atom is 2.00 e. The third-order valence-corrected chi connectivity index (χ3v) is 10.2. The number of hydrogen-bond acceptors (Lipinski definition) is 8. The molecule has 0 unspecified atom stereocenters. The number of aromatic nitrogens is 6. The van der Waals surface area contributed by atoms with Gasteiger partial charge in [-0.25, -0.2) is 19.9 Å². The molecule has 4 aromatic heterocycles. The van der Waals surface area contributed by atoms with Crippen LogP contribution in [0.2, 0.25) is 0 Å². The summed E-state index contributed by atoms with van der Waals surface area (Å²) in [7, 11) is 0. The number of hydrogen-bond donors (Lipinski definition) is 6. The average molecular weight is 887 g/mol. The van der Waals surface area contributed by atoms with Crippen molar-refractivity contribution in [2.75, 3.05) is 23.7 Å². The van der Waals surface area contributed by atoms with E-state index in [-0.39, 0.29) is 57.2 Å². The average Bonchev–Trinajstić information content (AvgIpc) is 3.61. The Morgan fingerprint density at radius 1 is 0.632 bits per heavy atom. The van der Waals surface area contributed by atoms with E-state index in [0.717, 1.165) is 107 Å². The second-order valence-corrected chi connectivity index (χ2v) is 16.9. The number of halogens is 1. The molecule has 6 heterocycles. The molecule has 0 atom stereocenters. The molecule has 2 aliphatic rings. The van der Waals surface area contributed by atoms with E-state index in [1.54, 1.807) is 0 Å². The number of anilines is 2. The van der Waals surface area contributed by atoms with Gasteiger partial charge < -0.3 is 46.1 Å². The van der Waals surface area contributed by atoms with Gasteiger partial charge in [0.25, 0.3) is 11.8 Å². The Bertz CT molecular complexity index is 2300. The third-order valence-electron chi connectivity index (χ3n) is 9.38. The van der Waals surface area contributed by atoms with Crippen molar-refractivity contribution in [2.24, 2.45) is 0 Å². The van der Waals surface area contributed by atoms with Gasteiger partial charge in [0.15, 0.2) is 0 Å². The first-order chi connectivity index (χ1) is 25.5. The fourth-order valence-electron chi connectivity index (χ4n) is 7.02. The molecule has 0 fully saturated rings. The van der Waals surface area contributed by atoms with Crippen LogP contribution in [-0.2, 0) is 32.3 Å². The van der Waals surface area contributed by atoms with Crippen LogP contribution in [0.3, 0.4) is 0 Å². The number of fused-ring (bicyclic) bond motifs is 4. The fraction of sp³-hybridized carbons (Fsp3) is 0.349. The minimum Gasteiger partial charge on any atom is -0.364 e. The van der Waals surface area contributed by atoms with E-state index in [1.165, 1.54) is 0 Å². The number of aryl methyl sites for hydroxylation is 2. The van der Waals surface area contributed by atoms with Crippen molar-refractivity contribution in [3.8, 4) is 22.5 Å². The summed E-state index contributed by atoms with van der Waals surface area (Å²) >= 11 is 3.63. The summed E-state index contributed by atoms with van der Waals surface area (Å²) in [6.45, 7) is 19.8. The van der Waals surface area contributed by atoms with E-state index in [0.29, 0.717) is 18.7 Å². The van der Waals surface area contributed by atoms with E-state index in [4.69, 9.17) is 19.9 Å². The molecule has 8 rings (SSSR count). The number of rotatable bonds is 4. The summed E-state index contributed by atoms with van der Waals surface area (Å²) in [5.41, 5.74) is 12.9. The Hall–Kier alpha value is -4.68. The van der Waals surface area contributed by atoms with Crippen LogP contribution in [0, 0.1) is 35.6 Å². The van der Waals surface area contributed by atoms with Gasteiger partial charge in [-0.05, 0) is 95.9 Å². The van der Waals surface area contributed by atoms with Crippen LogP contribution in [0.1, 0.15) is 90.6 Å². The first kappa shape index (κ1) is 45.0. The summed E-state index contributed by atoms with van der Waals surface area (Å²) in [5, 5.41) is 12.7. The molecule has 0 aliphatic carbocycles. The van der Waals surface area contributed by atoms with Crippen molar-refractivity contribution in [1.82, 2.24) is 40.5 Å². The van der Waals surface area contributed by atoms with Crippen LogP contribution in [0.5, 0.6) is 0 Å². The molecule has 12 nitrogen and oxygen atoms in total. The quantitative estimate of drug-likeness (QED) is 0.0755. The van der Waals surface area contributed by atoms with Gasteiger partial charge in [-0.15, -0.1) is 0 Å². The molecule has 0 bridgehead atoms. The van der Waals surface area contributed by atoms with Crippen molar-refractivity contribution in [3.05, 3.63) is 95.2 Å². The van der Waals surface area contributed by atoms with Gasteiger partial charge in [0.1, 0.15) is 22.7 Å². The van der Waals surface area contributed by atoms with Gasteiger partial charge in [-0.3, -0.25) is 9.59 Å². The topological polar surface area (TPSA) is 165 Å². The number of nitrogens with one attached hydrogen (secondary N) is 6. The Balaban J connectivity index is 0.000000240. The van der Waals surface area contributed by atoms with Crippen LogP contribution < -0.4 is 21.3 Å². The number of benzene rings is 2. The molecule has 0 radical (unpaired) electrons. The Kier molecular flexibility index (Phi) is 13.5. The van der Waals surface area contributed by atoms with Crippen molar-refractivity contribution in [3.63, 3.8) is 0 Å². The Labute approximate surface area is 356 Å². The normalized spacial score (nSPS) is 13.4. The molecule has 0 saturated heterocycles. The molecular formula is C43H53BrN10O2Zn. The molecule has 14 heteroatoms. The van der Waals surface area contributed by atoms with Crippen molar-refractivity contribution in [1.29, 1.82) is 0 Å². The zero-order valence-corrected chi connectivity index (χ0v) is 39.5. The predicted octanol–water partition coefficient (Wildman–Crippen LogP) is 8.83. The number of H-pyrrole nitrogens is 2. The first-order valence-corrected chi connectivity index (χ1v) is 19.1. The van der Waals surface area contributed by atoms with E-state index in [9.17, 15) is 9.59 Å². The van der Waals surface area contributed by atoms with Gasteiger partial charge in [-0.2, -0.15) is 0 Å². The standard InChI is InChI=1S/C21H25N5O.C20H22BrN5O.2CH3.Zn/c1-11-16-14(9-10-22-20(16)27)24-17(11)13-7-6-8-15-18(13)25-19(12(2)23-15)26-21(3,4)5;1-10-18(26-20(2,3)4)25-16-11(6-5-7-13(16)23-10)17-15(21)14-12(24-17)8-9-22-19(14)27;;;/h6-8,24H,9-10H2,1-5H3,(H,22,27)(H,25,26);5-7,24H,8-9H2,1-4H3,(H,22,27)(H,25,26);2*1H3;/q;;2*-1;+2. The number of aromatic amines is 2. The molecular weight excluding hydrogens is 834 g/mol. The summed E-state index contributed by atoms with van der Waals surface area (Å²) in [5.74, 6) is 1.50. The molecule has 2 aromatic carbocycles. The van der Waals surface area contributed by atoms with Gasteiger partial charge >= 0.3 is 19.5 Å². The SMILES string of the molecule is Cc1nc2cccc(-c3[nH]c4c(c3Br)C(=O)NCC4)c2nc1NC(C)(C)C.Cc1nc2cccc(-c3[nH]c4c(c3C)C(=O)NCC4)c2nc1NC(C)(C)C.[CH3-].[CH3-].[Zn+2]. The second kappa shape index (κ2) is 17.0. The third kappa shape index (κ3) is 9.07. The fourth-order valence-corrected chi connectivity index (χ4v) is 7.75. The summed E-state index contributed by atoms with van der Waals surface area (Å²) in [6, 6.07) is 11.9. The van der Waals surface area contributed by atoms with E-state index in [1.807, 2.05) is 57.2 Å². The Morgan fingerprint density at radius 2 is 1.05 bits per heavy atom. The van der Waals surface area contributed by atoms with Crippen molar-refractivity contribution >= 4 is 61.4 Å². The van der Waals surface area contributed by atoms with Crippen molar-refractivity contribution < 1.29 is 29.1 Å². The molecule has 6 aromatic rings. The zero-order valence-electron chi connectivity index (χ0n) is 35.0. The van der Waals surface area contributed by atoms with Crippen LogP contribution >= 0.6 is 15.9 Å². The maximum absolute atomic E-state index is 12.3. The molecule has 2 aliphatic heterocycles. The maximum atomic E-state index is 12.3. The van der Waals surface area contributed by atoms with E-state index in [2.05, 4.69) is 88.7 Å². The number of carbonyl (C=O) groups excluding carboxylic acids is 2. The van der Waals surface area contributed by atoms with Gasteiger partial charge in [0.2, 0.25) is 0 Å². The minimum atomic E-state index is -0.119. The molecule has 0 saturated carbocycles. The molecule has 6 N–H and O–H groups in total. The summed E-state index contributed by atoms with van der Waals surface area (Å²) in [6.07, 6.45) is 1.60. The number of para-hydroxylation sites is 2. The minimum absolute atomic E-state index is 0. The Morgan fingerprint density at radius 3 is 1.49 bits per heavy atom. The summed E-state index contributed by atoms with van der Waals surface area (Å²) < 4.78 is 0.773. The number of carbonyl (C=O) groups is 2. The number of nitrogens with zero attached hydrogens (tertiary/aromatic N) is 4. The van der Waals surface area contributed by atoms with Gasteiger partial charge in [-0.1, -0.05) is 24.3 Å². The zero-order chi connectivity index (χ0) is 38.7. The number of amides is 2. The predicted molar refractivity (Wildman–Crippen MR) is 232 cm³/mol. The molecule has 296 valence electrons. The molecule has 0 spiro atoms. The molecule has 57 heavy (non-hydrogen) atoms. The van der Waals surface area contributed by atoms with E-state index < -0.39 is 0 Å². The first-order valence-electron chi connectivity index (χ1n) is 18.3. The van der Waals surface area contributed by atoms with Crippen LogP contribution in [-0.4, -0.2) is 65.9 Å². The smallest absolute Gasteiger partial charge is 0.364 e. The van der Waals surface area contributed by atoms with E-state index >= 15 is 0 Å². The molecule has 2 amide bonds. The van der Waals surface area contributed by atoms with Crippen LogP contribution in [0.15, 0.2) is 40.9 Å². The van der Waals surface area contributed by atoms with Gasteiger partial charge in [0.05, 0.1) is 49.4 Å².